The number of hydrogen-bond donors (Lipinski definition) is 3. The molecule has 0 radical (unpaired) electrons. The Morgan fingerprint density at radius 3 is 2.70 bits per heavy atom. The molecule has 1 amide bonds. The second-order valence-electron chi connectivity index (χ2n) is 5.18. The van der Waals surface area contributed by atoms with Crippen molar-refractivity contribution in [1.29, 1.82) is 0 Å². The number of aliphatic hydroxyl groups excluding tert-OH is 1. The molecule has 0 spiro atoms. The van der Waals surface area contributed by atoms with Crippen LogP contribution in [0.4, 0.5) is 11.4 Å². The molecule has 7 nitrogen and oxygen atoms in total. The lowest BCUT2D eigenvalue weighted by Crippen LogP contribution is -2.18. The summed E-state index contributed by atoms with van der Waals surface area (Å²) in [4.78, 5) is 21.6. The summed E-state index contributed by atoms with van der Waals surface area (Å²) in [5, 5.41) is 23.0. The standard InChI is InChI=1S/C13H17N3O4/c14-12(18)9-1-2-11(16(19)20)10(7-9)15-8-13(3-4-13)5-6-17/h1-2,7,15,17H,3-6,8H2,(H2,14,18). The van der Waals surface area contributed by atoms with E-state index in [1.54, 1.807) is 0 Å². The smallest absolute Gasteiger partial charge is 0.292 e. The fourth-order valence-electron chi connectivity index (χ4n) is 2.20. The molecule has 1 fully saturated rings. The molecule has 108 valence electrons. The first kappa shape index (κ1) is 14.3. The molecule has 0 atom stereocenters. The first-order valence-corrected chi connectivity index (χ1v) is 6.40. The number of anilines is 1. The third-order valence-electron chi connectivity index (χ3n) is 3.73. The van der Waals surface area contributed by atoms with Crippen LogP contribution in [-0.2, 0) is 0 Å². The molecular formula is C13H17N3O4. The number of nitrogens with one attached hydrogen (secondary N) is 1. The van der Waals surface area contributed by atoms with Crippen molar-refractivity contribution in [3.8, 4) is 0 Å². The summed E-state index contributed by atoms with van der Waals surface area (Å²) < 4.78 is 0. The molecule has 0 aromatic heterocycles. The third-order valence-corrected chi connectivity index (χ3v) is 3.73. The van der Waals surface area contributed by atoms with Gasteiger partial charge in [0.25, 0.3) is 5.69 Å². The Kier molecular flexibility index (Phi) is 3.89. The van der Waals surface area contributed by atoms with E-state index in [1.807, 2.05) is 0 Å². The van der Waals surface area contributed by atoms with Crippen LogP contribution >= 0.6 is 0 Å². The summed E-state index contributed by atoms with van der Waals surface area (Å²) in [6, 6.07) is 4.01. The molecule has 1 aromatic rings. The molecule has 4 N–H and O–H groups in total. The van der Waals surface area contributed by atoms with Crippen LogP contribution in [0.15, 0.2) is 18.2 Å². The van der Waals surface area contributed by atoms with Crippen molar-refractivity contribution in [2.75, 3.05) is 18.5 Å². The number of primary amides is 1. The molecule has 0 heterocycles. The van der Waals surface area contributed by atoms with Crippen LogP contribution in [-0.4, -0.2) is 29.1 Å². The zero-order chi connectivity index (χ0) is 14.8. The van der Waals surface area contributed by atoms with E-state index >= 15 is 0 Å². The molecule has 1 aliphatic rings. The molecule has 0 saturated heterocycles. The van der Waals surface area contributed by atoms with E-state index in [4.69, 9.17) is 10.8 Å². The van der Waals surface area contributed by atoms with Gasteiger partial charge in [0, 0.05) is 24.8 Å². The highest BCUT2D eigenvalue weighted by Crippen LogP contribution is 2.48. The van der Waals surface area contributed by atoms with Gasteiger partial charge in [-0.15, -0.1) is 0 Å². The van der Waals surface area contributed by atoms with Crippen molar-refractivity contribution in [2.45, 2.75) is 19.3 Å². The summed E-state index contributed by atoms with van der Waals surface area (Å²) in [5.41, 5.74) is 5.63. The van der Waals surface area contributed by atoms with Gasteiger partial charge < -0.3 is 16.2 Å². The molecule has 0 aliphatic heterocycles. The SMILES string of the molecule is NC(=O)c1ccc([N+](=O)[O-])c(NCC2(CCO)CC2)c1. The lowest BCUT2D eigenvalue weighted by Gasteiger charge is -2.15. The van der Waals surface area contributed by atoms with E-state index in [0.717, 1.165) is 12.8 Å². The molecule has 20 heavy (non-hydrogen) atoms. The first-order valence-electron chi connectivity index (χ1n) is 6.40. The topological polar surface area (TPSA) is 118 Å². The molecular weight excluding hydrogens is 262 g/mol. The molecule has 1 aromatic carbocycles. The Morgan fingerprint density at radius 1 is 1.50 bits per heavy atom. The van der Waals surface area contributed by atoms with Crippen LogP contribution < -0.4 is 11.1 Å². The van der Waals surface area contributed by atoms with E-state index in [0.29, 0.717) is 13.0 Å². The predicted octanol–water partition coefficient (Wildman–Crippen LogP) is 1.27. The van der Waals surface area contributed by atoms with Crippen molar-refractivity contribution in [1.82, 2.24) is 0 Å². The second kappa shape index (κ2) is 5.46. The number of hydrogen-bond acceptors (Lipinski definition) is 5. The number of benzene rings is 1. The van der Waals surface area contributed by atoms with Gasteiger partial charge in [0.2, 0.25) is 5.91 Å². The molecule has 2 rings (SSSR count). The summed E-state index contributed by atoms with van der Waals surface area (Å²) in [5.74, 6) is -0.626. The lowest BCUT2D eigenvalue weighted by atomic mass is 10.0. The van der Waals surface area contributed by atoms with Gasteiger partial charge in [-0.2, -0.15) is 0 Å². The Hall–Kier alpha value is -2.15. The Labute approximate surface area is 115 Å². The average Bonchev–Trinajstić information content (AvgIpc) is 3.16. The number of rotatable bonds is 7. The van der Waals surface area contributed by atoms with Gasteiger partial charge in [0.15, 0.2) is 0 Å². The van der Waals surface area contributed by atoms with Gasteiger partial charge >= 0.3 is 0 Å². The maximum absolute atomic E-state index is 11.1. The van der Waals surface area contributed by atoms with Crippen LogP contribution in [0.25, 0.3) is 0 Å². The van der Waals surface area contributed by atoms with Crippen molar-refractivity contribution in [3.63, 3.8) is 0 Å². The van der Waals surface area contributed by atoms with Crippen LogP contribution in [0, 0.1) is 15.5 Å². The second-order valence-corrected chi connectivity index (χ2v) is 5.18. The van der Waals surface area contributed by atoms with E-state index < -0.39 is 10.8 Å². The highest BCUT2D eigenvalue weighted by Gasteiger charge is 2.41. The highest BCUT2D eigenvalue weighted by atomic mass is 16.6. The first-order chi connectivity index (χ1) is 9.47. The summed E-state index contributed by atoms with van der Waals surface area (Å²) in [7, 11) is 0. The Bertz CT molecular complexity index is 540. The van der Waals surface area contributed by atoms with Crippen molar-refractivity contribution < 1.29 is 14.8 Å². The van der Waals surface area contributed by atoms with Gasteiger partial charge in [-0.05, 0) is 36.8 Å². The minimum Gasteiger partial charge on any atom is -0.396 e. The largest absolute Gasteiger partial charge is 0.396 e. The minimum absolute atomic E-state index is 0.0192. The van der Waals surface area contributed by atoms with Crippen LogP contribution in [0.5, 0.6) is 0 Å². The van der Waals surface area contributed by atoms with Crippen molar-refractivity contribution in [2.24, 2.45) is 11.1 Å². The number of nitro benzene ring substituents is 1. The number of nitro groups is 1. The maximum Gasteiger partial charge on any atom is 0.292 e. The normalized spacial score (nSPS) is 15.7. The predicted molar refractivity (Wildman–Crippen MR) is 73.5 cm³/mol. The lowest BCUT2D eigenvalue weighted by molar-refractivity contribution is -0.384. The average molecular weight is 279 g/mol. The van der Waals surface area contributed by atoms with Gasteiger partial charge in [-0.3, -0.25) is 14.9 Å². The molecule has 0 unspecified atom stereocenters. The van der Waals surface area contributed by atoms with E-state index in [2.05, 4.69) is 5.32 Å². The van der Waals surface area contributed by atoms with Gasteiger partial charge in [-0.1, -0.05) is 0 Å². The van der Waals surface area contributed by atoms with Gasteiger partial charge in [-0.25, -0.2) is 0 Å². The maximum atomic E-state index is 11.1. The Morgan fingerprint density at radius 2 is 2.20 bits per heavy atom. The van der Waals surface area contributed by atoms with Gasteiger partial charge in [0.05, 0.1) is 4.92 Å². The number of nitrogens with two attached hydrogens (primary N) is 1. The van der Waals surface area contributed by atoms with Crippen LogP contribution in [0.1, 0.15) is 29.6 Å². The summed E-state index contributed by atoms with van der Waals surface area (Å²) in [6.07, 6.45) is 2.65. The summed E-state index contributed by atoms with van der Waals surface area (Å²) in [6.45, 7) is 0.641. The monoisotopic (exact) mass is 279 g/mol. The number of carbonyl (C=O) groups is 1. The zero-order valence-electron chi connectivity index (χ0n) is 11.0. The number of aliphatic hydroxyl groups is 1. The van der Waals surface area contributed by atoms with Crippen molar-refractivity contribution in [3.05, 3.63) is 33.9 Å². The molecule has 0 bridgehead atoms. The zero-order valence-corrected chi connectivity index (χ0v) is 11.0. The number of nitrogens with zero attached hydrogens (tertiary/aromatic N) is 1. The quantitative estimate of drug-likeness (QED) is 0.513. The van der Waals surface area contributed by atoms with Crippen LogP contribution in [0.2, 0.25) is 0 Å². The minimum atomic E-state index is -0.626. The number of carbonyl (C=O) groups excluding carboxylic acids is 1. The van der Waals surface area contributed by atoms with E-state index in [-0.39, 0.29) is 29.0 Å². The van der Waals surface area contributed by atoms with E-state index in [1.165, 1.54) is 18.2 Å². The fourth-order valence-corrected chi connectivity index (χ4v) is 2.20. The van der Waals surface area contributed by atoms with Crippen molar-refractivity contribution >= 4 is 17.3 Å². The van der Waals surface area contributed by atoms with Gasteiger partial charge in [0.1, 0.15) is 5.69 Å². The molecule has 1 saturated carbocycles. The molecule has 1 aliphatic carbocycles. The fraction of sp³-hybridized carbons (Fsp3) is 0.462. The Balaban J connectivity index is 2.17. The van der Waals surface area contributed by atoms with Crippen LogP contribution in [0.3, 0.4) is 0 Å². The highest BCUT2D eigenvalue weighted by molar-refractivity contribution is 5.94. The molecule has 7 heteroatoms. The number of amides is 1. The van der Waals surface area contributed by atoms with E-state index in [9.17, 15) is 14.9 Å². The summed E-state index contributed by atoms with van der Waals surface area (Å²) >= 11 is 0. The third kappa shape index (κ3) is 3.05.